The minimum absolute atomic E-state index is 0.208. The van der Waals surface area contributed by atoms with Gasteiger partial charge in [-0.1, -0.05) is 50.3 Å². The number of hydrogen-bond donors (Lipinski definition) is 1. The van der Waals surface area contributed by atoms with Crippen molar-refractivity contribution in [3.63, 3.8) is 0 Å². The molecule has 1 unspecified atom stereocenters. The SMILES string of the molecule is C=C(C)C(=O)CC[C@@H](C)[C@H]1CC[C@H]2/C(=C\C=C3\CC(O)CCC3=C)CCC[C@]12C. The minimum Gasteiger partial charge on any atom is -0.393 e. The number of Topliss-reactive ketones (excluding diaryl/α,β-unsaturated/α-hetero) is 1. The summed E-state index contributed by atoms with van der Waals surface area (Å²) in [7, 11) is 0. The zero-order valence-electron chi connectivity index (χ0n) is 18.8. The maximum absolute atomic E-state index is 12.0. The number of fused-ring (bicyclic) bond motifs is 1. The first-order chi connectivity index (χ1) is 13.7. The Labute approximate surface area is 177 Å². The molecular weight excluding hydrogens is 356 g/mol. The van der Waals surface area contributed by atoms with Crippen LogP contribution in [-0.4, -0.2) is 17.0 Å². The van der Waals surface area contributed by atoms with Crippen molar-refractivity contribution in [3.05, 3.63) is 47.6 Å². The molecule has 3 aliphatic rings. The van der Waals surface area contributed by atoms with Crippen molar-refractivity contribution >= 4 is 5.78 Å². The van der Waals surface area contributed by atoms with E-state index >= 15 is 0 Å². The fraction of sp³-hybridized carbons (Fsp3) is 0.667. The predicted octanol–water partition coefficient (Wildman–Crippen LogP) is 6.72. The molecule has 0 aromatic carbocycles. The van der Waals surface area contributed by atoms with Crippen molar-refractivity contribution in [1.29, 1.82) is 0 Å². The van der Waals surface area contributed by atoms with Crippen LogP contribution in [0.15, 0.2) is 47.6 Å². The zero-order valence-corrected chi connectivity index (χ0v) is 18.8. The molecule has 0 aromatic rings. The Balaban J connectivity index is 1.71. The van der Waals surface area contributed by atoms with E-state index in [1.165, 1.54) is 43.3 Å². The second-order valence-corrected chi connectivity index (χ2v) is 10.2. The number of carbonyl (C=O) groups excluding carboxylic acids is 1. The van der Waals surface area contributed by atoms with Crippen molar-refractivity contribution in [3.8, 4) is 0 Å². The molecule has 3 fully saturated rings. The van der Waals surface area contributed by atoms with E-state index in [2.05, 4.69) is 39.2 Å². The van der Waals surface area contributed by atoms with E-state index in [0.29, 0.717) is 35.2 Å². The number of allylic oxidation sites excluding steroid dienone is 5. The standard InChI is InChI=1S/C27H40O2/c1-18(2)26(29)15-9-20(4)24-13-14-25-21(7-6-16-27(24,25)5)10-11-22-17-23(28)12-8-19(22)3/h10-11,20,23-25,28H,1,3,6-9,12-17H2,2,4-5H3/b21-10-,22-11-/t20-,23?,24-,25+,27-/m1/s1. The van der Waals surface area contributed by atoms with E-state index in [0.717, 1.165) is 25.7 Å². The quantitative estimate of drug-likeness (QED) is 0.506. The van der Waals surface area contributed by atoms with Crippen LogP contribution >= 0.6 is 0 Å². The molecule has 0 spiro atoms. The van der Waals surface area contributed by atoms with Gasteiger partial charge >= 0.3 is 0 Å². The van der Waals surface area contributed by atoms with Crippen LogP contribution < -0.4 is 0 Å². The first-order valence-electron chi connectivity index (χ1n) is 11.7. The summed E-state index contributed by atoms with van der Waals surface area (Å²) in [6.07, 6.45) is 14.9. The highest BCUT2D eigenvalue weighted by Gasteiger charge is 2.50. The van der Waals surface area contributed by atoms with Crippen molar-refractivity contribution in [2.45, 2.75) is 91.1 Å². The molecule has 160 valence electrons. The van der Waals surface area contributed by atoms with Gasteiger partial charge in [-0.05, 0) is 99.0 Å². The molecule has 0 bridgehead atoms. The summed E-state index contributed by atoms with van der Waals surface area (Å²) in [4.78, 5) is 12.0. The lowest BCUT2D eigenvalue weighted by atomic mass is 9.60. The topological polar surface area (TPSA) is 37.3 Å². The number of aliphatic hydroxyl groups is 1. The largest absolute Gasteiger partial charge is 0.393 e. The Bertz CT molecular complexity index is 725. The van der Waals surface area contributed by atoms with E-state index < -0.39 is 0 Å². The number of ketones is 1. The van der Waals surface area contributed by atoms with Crippen LogP contribution in [0.1, 0.15) is 85.0 Å². The molecule has 29 heavy (non-hydrogen) atoms. The lowest BCUT2D eigenvalue weighted by Crippen LogP contribution is -2.36. The van der Waals surface area contributed by atoms with Gasteiger partial charge in [0.05, 0.1) is 6.10 Å². The maximum Gasteiger partial charge on any atom is 0.157 e. The summed E-state index contributed by atoms with van der Waals surface area (Å²) < 4.78 is 0. The third-order valence-electron chi connectivity index (χ3n) is 8.22. The van der Waals surface area contributed by atoms with Gasteiger partial charge in [0.25, 0.3) is 0 Å². The summed E-state index contributed by atoms with van der Waals surface area (Å²) in [6, 6.07) is 0. The highest BCUT2D eigenvalue weighted by Crippen LogP contribution is 2.59. The molecule has 1 N–H and O–H groups in total. The molecule has 3 saturated carbocycles. The Morgan fingerprint density at radius 3 is 2.76 bits per heavy atom. The molecule has 2 heteroatoms. The molecule has 0 aliphatic heterocycles. The highest BCUT2D eigenvalue weighted by atomic mass is 16.3. The summed E-state index contributed by atoms with van der Waals surface area (Å²) in [5.41, 5.74) is 5.10. The monoisotopic (exact) mass is 396 g/mol. The highest BCUT2D eigenvalue weighted by molar-refractivity contribution is 5.94. The fourth-order valence-electron chi connectivity index (χ4n) is 6.38. The summed E-state index contributed by atoms with van der Waals surface area (Å²) in [5, 5.41) is 10.0. The van der Waals surface area contributed by atoms with Crippen LogP contribution in [-0.2, 0) is 4.79 Å². The lowest BCUT2D eigenvalue weighted by molar-refractivity contribution is -0.115. The van der Waals surface area contributed by atoms with Crippen LogP contribution in [0.4, 0.5) is 0 Å². The first kappa shape index (κ1) is 22.3. The molecule has 3 aliphatic carbocycles. The van der Waals surface area contributed by atoms with E-state index in [-0.39, 0.29) is 11.9 Å². The Kier molecular flexibility index (Phi) is 7.04. The van der Waals surface area contributed by atoms with E-state index in [1.54, 1.807) is 5.57 Å². The van der Waals surface area contributed by atoms with Crippen LogP contribution in [0.25, 0.3) is 0 Å². The van der Waals surface area contributed by atoms with Gasteiger partial charge in [0, 0.05) is 6.42 Å². The molecule has 0 aromatic heterocycles. The average Bonchev–Trinajstić information content (AvgIpc) is 3.04. The normalized spacial score (nSPS) is 36.3. The van der Waals surface area contributed by atoms with E-state index in [4.69, 9.17) is 0 Å². The van der Waals surface area contributed by atoms with Crippen LogP contribution in [0, 0.1) is 23.2 Å². The maximum atomic E-state index is 12.0. The van der Waals surface area contributed by atoms with Gasteiger partial charge in [0.15, 0.2) is 5.78 Å². The third-order valence-corrected chi connectivity index (χ3v) is 8.22. The average molecular weight is 397 g/mol. The summed E-state index contributed by atoms with van der Waals surface area (Å²) in [5.74, 6) is 2.17. The van der Waals surface area contributed by atoms with Gasteiger partial charge in [-0.25, -0.2) is 0 Å². The van der Waals surface area contributed by atoms with Crippen LogP contribution in [0.3, 0.4) is 0 Å². The van der Waals surface area contributed by atoms with Gasteiger partial charge in [0.1, 0.15) is 0 Å². The van der Waals surface area contributed by atoms with E-state index in [1.807, 2.05) is 6.92 Å². The van der Waals surface area contributed by atoms with Crippen LogP contribution in [0.5, 0.6) is 0 Å². The van der Waals surface area contributed by atoms with Gasteiger partial charge in [-0.3, -0.25) is 4.79 Å². The van der Waals surface area contributed by atoms with Crippen LogP contribution in [0.2, 0.25) is 0 Å². The van der Waals surface area contributed by atoms with Gasteiger partial charge < -0.3 is 5.11 Å². The smallest absolute Gasteiger partial charge is 0.157 e. The number of aliphatic hydroxyl groups excluding tert-OH is 1. The fourth-order valence-corrected chi connectivity index (χ4v) is 6.38. The Morgan fingerprint density at radius 1 is 1.28 bits per heavy atom. The number of rotatable bonds is 6. The van der Waals surface area contributed by atoms with Gasteiger partial charge in [-0.15, -0.1) is 0 Å². The molecular formula is C27H40O2. The first-order valence-corrected chi connectivity index (χ1v) is 11.7. The van der Waals surface area contributed by atoms with Gasteiger partial charge in [0.2, 0.25) is 0 Å². The lowest BCUT2D eigenvalue weighted by Gasteiger charge is -2.44. The molecule has 0 amide bonds. The Hall–Kier alpha value is -1.41. The molecule has 3 rings (SSSR count). The molecule has 0 heterocycles. The number of hydrogen-bond acceptors (Lipinski definition) is 2. The zero-order chi connectivity index (χ0) is 21.2. The molecule has 5 atom stereocenters. The predicted molar refractivity (Wildman–Crippen MR) is 122 cm³/mol. The molecule has 2 nitrogen and oxygen atoms in total. The molecule has 0 saturated heterocycles. The number of carbonyl (C=O) groups is 1. The van der Waals surface area contributed by atoms with Crippen molar-refractivity contribution in [2.24, 2.45) is 23.2 Å². The second kappa shape index (κ2) is 9.16. The van der Waals surface area contributed by atoms with Crippen molar-refractivity contribution < 1.29 is 9.90 Å². The van der Waals surface area contributed by atoms with Crippen molar-refractivity contribution in [1.82, 2.24) is 0 Å². The van der Waals surface area contributed by atoms with Gasteiger partial charge in [-0.2, -0.15) is 0 Å². The third kappa shape index (κ3) is 4.85. The van der Waals surface area contributed by atoms with E-state index in [9.17, 15) is 9.90 Å². The molecule has 0 radical (unpaired) electrons. The van der Waals surface area contributed by atoms with Crippen molar-refractivity contribution in [2.75, 3.05) is 0 Å². The minimum atomic E-state index is -0.208. The Morgan fingerprint density at radius 2 is 2.03 bits per heavy atom. The summed E-state index contributed by atoms with van der Waals surface area (Å²) >= 11 is 0. The second-order valence-electron chi connectivity index (χ2n) is 10.2. The summed E-state index contributed by atoms with van der Waals surface area (Å²) in [6.45, 7) is 14.7.